The standard InChI is InChI=1S/C25H24FN3O5/c1-3-33-23-14-17(12-13-22(23)34-16-18-8-4-5-9-19(18)26)15-27-29-25(31)24(30)28-20-10-6-7-11-21(20)32-2/h4-15H,3,16H2,1-2H3,(H,28,30)(H,29,31)/b27-15+. The van der Waals surface area contributed by atoms with E-state index in [1.54, 1.807) is 60.7 Å². The van der Waals surface area contributed by atoms with E-state index in [4.69, 9.17) is 14.2 Å². The monoisotopic (exact) mass is 465 g/mol. The van der Waals surface area contributed by atoms with Crippen LogP contribution in [0.15, 0.2) is 71.8 Å². The molecule has 2 amide bonds. The first-order valence-electron chi connectivity index (χ1n) is 10.4. The Kier molecular flexibility index (Phi) is 8.56. The predicted molar refractivity (Wildman–Crippen MR) is 126 cm³/mol. The fourth-order valence-electron chi connectivity index (χ4n) is 2.91. The van der Waals surface area contributed by atoms with E-state index < -0.39 is 11.8 Å². The van der Waals surface area contributed by atoms with Gasteiger partial charge >= 0.3 is 11.8 Å². The number of para-hydroxylation sites is 2. The molecule has 0 atom stereocenters. The third-order valence-corrected chi connectivity index (χ3v) is 4.55. The number of amides is 2. The van der Waals surface area contributed by atoms with Crippen molar-refractivity contribution in [2.24, 2.45) is 5.10 Å². The molecule has 34 heavy (non-hydrogen) atoms. The van der Waals surface area contributed by atoms with Gasteiger partial charge in [-0.05, 0) is 48.9 Å². The first-order valence-corrected chi connectivity index (χ1v) is 10.4. The molecule has 9 heteroatoms. The van der Waals surface area contributed by atoms with Gasteiger partial charge in [-0.25, -0.2) is 9.82 Å². The predicted octanol–water partition coefficient (Wildman–Crippen LogP) is 3.90. The van der Waals surface area contributed by atoms with E-state index in [1.807, 2.05) is 6.92 Å². The van der Waals surface area contributed by atoms with Crippen molar-refractivity contribution in [3.63, 3.8) is 0 Å². The number of hydrazone groups is 1. The maximum absolute atomic E-state index is 13.8. The minimum Gasteiger partial charge on any atom is -0.495 e. The molecule has 8 nitrogen and oxygen atoms in total. The molecule has 0 saturated heterocycles. The van der Waals surface area contributed by atoms with Crippen molar-refractivity contribution in [2.45, 2.75) is 13.5 Å². The van der Waals surface area contributed by atoms with E-state index in [2.05, 4.69) is 15.8 Å². The molecular formula is C25H24FN3O5. The fraction of sp³-hybridized carbons (Fsp3) is 0.160. The van der Waals surface area contributed by atoms with Gasteiger partial charge in [0.15, 0.2) is 11.5 Å². The van der Waals surface area contributed by atoms with Crippen LogP contribution in [-0.4, -0.2) is 31.7 Å². The topological polar surface area (TPSA) is 98.2 Å². The highest BCUT2D eigenvalue weighted by Crippen LogP contribution is 2.29. The minimum absolute atomic E-state index is 0.0392. The summed E-state index contributed by atoms with van der Waals surface area (Å²) >= 11 is 0. The Labute approximate surface area is 196 Å². The molecule has 0 aliphatic heterocycles. The van der Waals surface area contributed by atoms with Crippen molar-refractivity contribution in [3.8, 4) is 17.2 Å². The quantitative estimate of drug-likeness (QED) is 0.284. The molecule has 3 aromatic rings. The molecule has 0 aliphatic rings. The molecule has 2 N–H and O–H groups in total. The van der Waals surface area contributed by atoms with E-state index in [9.17, 15) is 14.0 Å². The van der Waals surface area contributed by atoms with Gasteiger partial charge in [0.1, 0.15) is 18.2 Å². The van der Waals surface area contributed by atoms with E-state index in [1.165, 1.54) is 19.4 Å². The van der Waals surface area contributed by atoms with Crippen molar-refractivity contribution in [2.75, 3.05) is 19.0 Å². The fourth-order valence-corrected chi connectivity index (χ4v) is 2.91. The number of benzene rings is 3. The Morgan fingerprint density at radius 2 is 1.71 bits per heavy atom. The highest BCUT2D eigenvalue weighted by Gasteiger charge is 2.15. The van der Waals surface area contributed by atoms with Gasteiger partial charge in [0.25, 0.3) is 0 Å². The normalized spacial score (nSPS) is 10.6. The second-order valence-electron chi connectivity index (χ2n) is 6.87. The number of nitrogens with zero attached hydrogens (tertiary/aromatic N) is 1. The van der Waals surface area contributed by atoms with Gasteiger partial charge in [0.05, 0.1) is 25.6 Å². The Bertz CT molecular complexity index is 1180. The minimum atomic E-state index is -0.947. The summed E-state index contributed by atoms with van der Waals surface area (Å²) < 4.78 is 30.3. The van der Waals surface area contributed by atoms with Gasteiger partial charge in [-0.1, -0.05) is 30.3 Å². The van der Waals surface area contributed by atoms with Crippen molar-refractivity contribution in [1.82, 2.24) is 5.43 Å². The van der Waals surface area contributed by atoms with Crippen LogP contribution >= 0.6 is 0 Å². The molecule has 3 aromatic carbocycles. The van der Waals surface area contributed by atoms with Crippen molar-refractivity contribution in [3.05, 3.63) is 83.7 Å². The molecule has 3 rings (SSSR count). The second kappa shape index (κ2) is 12.0. The molecule has 0 spiro atoms. The van der Waals surface area contributed by atoms with Crippen LogP contribution in [0.5, 0.6) is 17.2 Å². The lowest BCUT2D eigenvalue weighted by molar-refractivity contribution is -0.136. The lowest BCUT2D eigenvalue weighted by Crippen LogP contribution is -2.32. The van der Waals surface area contributed by atoms with Crippen LogP contribution in [0.2, 0.25) is 0 Å². The lowest BCUT2D eigenvalue weighted by atomic mass is 10.2. The molecule has 0 unspecified atom stereocenters. The molecule has 176 valence electrons. The molecule has 0 aromatic heterocycles. The number of rotatable bonds is 9. The van der Waals surface area contributed by atoms with Crippen LogP contribution in [0.25, 0.3) is 0 Å². The smallest absolute Gasteiger partial charge is 0.329 e. The van der Waals surface area contributed by atoms with Gasteiger partial charge in [0, 0.05) is 5.56 Å². The summed E-state index contributed by atoms with van der Waals surface area (Å²) in [7, 11) is 1.46. The van der Waals surface area contributed by atoms with Gasteiger partial charge in [-0.15, -0.1) is 0 Å². The zero-order valence-corrected chi connectivity index (χ0v) is 18.7. The molecule has 0 heterocycles. The Balaban J connectivity index is 1.61. The largest absolute Gasteiger partial charge is 0.495 e. The van der Waals surface area contributed by atoms with Crippen molar-refractivity contribution < 1.29 is 28.2 Å². The Morgan fingerprint density at radius 1 is 0.941 bits per heavy atom. The summed E-state index contributed by atoms with van der Waals surface area (Å²) in [4.78, 5) is 24.2. The van der Waals surface area contributed by atoms with Crippen LogP contribution in [0.1, 0.15) is 18.1 Å². The maximum atomic E-state index is 13.8. The number of hydrogen-bond donors (Lipinski definition) is 2. The molecular weight excluding hydrogens is 441 g/mol. The van der Waals surface area contributed by atoms with Crippen molar-refractivity contribution in [1.29, 1.82) is 0 Å². The van der Waals surface area contributed by atoms with Crippen LogP contribution < -0.4 is 25.0 Å². The number of methoxy groups -OCH3 is 1. The number of anilines is 1. The maximum Gasteiger partial charge on any atom is 0.329 e. The van der Waals surface area contributed by atoms with E-state index >= 15 is 0 Å². The van der Waals surface area contributed by atoms with E-state index in [-0.39, 0.29) is 12.4 Å². The number of carbonyl (C=O) groups excluding carboxylic acids is 2. The van der Waals surface area contributed by atoms with Crippen LogP contribution in [0.3, 0.4) is 0 Å². The highest BCUT2D eigenvalue weighted by atomic mass is 19.1. The number of halogens is 1. The summed E-state index contributed by atoms with van der Waals surface area (Å²) in [6.07, 6.45) is 1.36. The van der Waals surface area contributed by atoms with Crippen LogP contribution in [-0.2, 0) is 16.2 Å². The first kappa shape index (κ1) is 24.2. The zero-order chi connectivity index (χ0) is 24.3. The lowest BCUT2D eigenvalue weighted by Gasteiger charge is -2.13. The van der Waals surface area contributed by atoms with Crippen LogP contribution in [0, 0.1) is 5.82 Å². The molecule has 0 fully saturated rings. The summed E-state index contributed by atoms with van der Waals surface area (Å²) in [5.41, 5.74) is 3.54. The average Bonchev–Trinajstić information content (AvgIpc) is 2.85. The zero-order valence-electron chi connectivity index (χ0n) is 18.7. The first-order chi connectivity index (χ1) is 16.5. The average molecular weight is 465 g/mol. The Hall–Kier alpha value is -4.40. The van der Waals surface area contributed by atoms with Gasteiger partial charge in [-0.3, -0.25) is 9.59 Å². The summed E-state index contributed by atoms with van der Waals surface area (Å²) in [5.74, 6) is -0.904. The SMILES string of the molecule is CCOc1cc(/C=N/NC(=O)C(=O)Nc2ccccc2OC)ccc1OCc1ccccc1F. The second-order valence-corrected chi connectivity index (χ2v) is 6.87. The summed E-state index contributed by atoms with van der Waals surface area (Å²) in [6, 6.07) is 18.1. The van der Waals surface area contributed by atoms with Crippen molar-refractivity contribution >= 4 is 23.7 Å². The summed E-state index contributed by atoms with van der Waals surface area (Å²) in [6.45, 7) is 2.25. The third-order valence-electron chi connectivity index (χ3n) is 4.55. The van der Waals surface area contributed by atoms with Gasteiger partial charge in [0.2, 0.25) is 0 Å². The number of hydrogen-bond acceptors (Lipinski definition) is 6. The van der Waals surface area contributed by atoms with E-state index in [0.29, 0.717) is 40.7 Å². The number of nitrogens with one attached hydrogen (secondary N) is 2. The Morgan fingerprint density at radius 3 is 2.47 bits per heavy atom. The highest BCUT2D eigenvalue weighted by molar-refractivity contribution is 6.39. The van der Waals surface area contributed by atoms with Crippen LogP contribution in [0.4, 0.5) is 10.1 Å². The number of ether oxygens (including phenoxy) is 3. The third kappa shape index (κ3) is 6.55. The van der Waals surface area contributed by atoms with Gasteiger partial charge in [-0.2, -0.15) is 5.10 Å². The number of carbonyl (C=O) groups is 2. The van der Waals surface area contributed by atoms with E-state index in [0.717, 1.165) is 0 Å². The molecule has 0 aliphatic carbocycles. The molecule has 0 saturated carbocycles. The summed E-state index contributed by atoms with van der Waals surface area (Å²) in [5, 5.41) is 6.28. The molecule has 0 radical (unpaired) electrons. The van der Waals surface area contributed by atoms with Gasteiger partial charge < -0.3 is 19.5 Å². The molecule has 0 bridgehead atoms.